The SMILES string of the molecule is CCCCC(CC)(Cc1ccc(OCCNC(=O)c2ccc(O)nc2)cc1)C(=O)O. The zero-order valence-corrected chi connectivity index (χ0v) is 17.6. The van der Waals surface area contributed by atoms with E-state index in [0.29, 0.717) is 43.7 Å². The molecule has 0 fully saturated rings. The van der Waals surface area contributed by atoms with Gasteiger partial charge >= 0.3 is 5.97 Å². The van der Waals surface area contributed by atoms with Gasteiger partial charge in [-0.05, 0) is 43.0 Å². The Balaban J connectivity index is 1.84. The first-order valence-electron chi connectivity index (χ1n) is 10.3. The Kier molecular flexibility index (Phi) is 8.65. The third kappa shape index (κ3) is 6.47. The zero-order valence-electron chi connectivity index (χ0n) is 17.6. The van der Waals surface area contributed by atoms with E-state index in [4.69, 9.17) is 9.84 Å². The van der Waals surface area contributed by atoms with E-state index in [1.165, 1.54) is 18.3 Å². The lowest BCUT2D eigenvalue weighted by Crippen LogP contribution is -2.32. The molecule has 0 spiro atoms. The summed E-state index contributed by atoms with van der Waals surface area (Å²) >= 11 is 0. The molecule has 0 aliphatic rings. The standard InChI is InChI=1S/C23H30N2O5/c1-3-5-12-23(4-2,22(28)29)15-17-6-9-19(10-7-17)30-14-13-24-21(27)18-8-11-20(26)25-16-18/h6-11,16H,3-5,12-15H2,1-2H3,(H,24,27)(H,25,26)(H,28,29). The van der Waals surface area contributed by atoms with E-state index >= 15 is 0 Å². The normalized spacial score (nSPS) is 12.7. The summed E-state index contributed by atoms with van der Waals surface area (Å²) in [6, 6.07) is 10.3. The maximum absolute atomic E-state index is 12.0. The number of unbranched alkanes of at least 4 members (excludes halogenated alkanes) is 1. The molecule has 1 aromatic carbocycles. The Morgan fingerprint density at radius 1 is 1.13 bits per heavy atom. The number of benzene rings is 1. The van der Waals surface area contributed by atoms with Crippen LogP contribution in [0.3, 0.4) is 0 Å². The van der Waals surface area contributed by atoms with Crippen molar-refractivity contribution in [3.63, 3.8) is 0 Å². The van der Waals surface area contributed by atoms with Crippen LogP contribution in [0.4, 0.5) is 0 Å². The zero-order chi connectivity index (χ0) is 22.0. The summed E-state index contributed by atoms with van der Waals surface area (Å²) in [7, 11) is 0. The van der Waals surface area contributed by atoms with Crippen molar-refractivity contribution >= 4 is 11.9 Å². The van der Waals surface area contributed by atoms with E-state index in [1.54, 1.807) is 0 Å². The molecule has 7 heteroatoms. The molecule has 1 aromatic heterocycles. The molecule has 7 nitrogen and oxygen atoms in total. The maximum Gasteiger partial charge on any atom is 0.309 e. The van der Waals surface area contributed by atoms with E-state index in [2.05, 4.69) is 17.2 Å². The van der Waals surface area contributed by atoms with Crippen LogP contribution in [-0.4, -0.2) is 40.2 Å². The second kappa shape index (κ2) is 11.2. The molecule has 2 aromatic rings. The first kappa shape index (κ1) is 23.2. The Morgan fingerprint density at radius 3 is 2.43 bits per heavy atom. The number of nitrogens with zero attached hydrogens (tertiary/aromatic N) is 1. The van der Waals surface area contributed by atoms with Gasteiger partial charge in [-0.2, -0.15) is 0 Å². The number of hydrogen-bond acceptors (Lipinski definition) is 5. The Bertz CT molecular complexity index is 820. The van der Waals surface area contributed by atoms with Crippen molar-refractivity contribution in [3.05, 3.63) is 53.7 Å². The molecule has 0 radical (unpaired) electrons. The summed E-state index contributed by atoms with van der Waals surface area (Å²) in [5.74, 6) is -0.509. The van der Waals surface area contributed by atoms with Crippen LogP contribution in [0.1, 0.15) is 55.5 Å². The Hall–Kier alpha value is -3.09. The fraction of sp³-hybridized carbons (Fsp3) is 0.435. The highest BCUT2D eigenvalue weighted by atomic mass is 16.5. The van der Waals surface area contributed by atoms with E-state index in [9.17, 15) is 14.7 Å². The predicted octanol–water partition coefficient (Wildman–Crippen LogP) is 3.81. The van der Waals surface area contributed by atoms with Crippen LogP contribution < -0.4 is 10.1 Å². The van der Waals surface area contributed by atoms with Crippen molar-refractivity contribution in [3.8, 4) is 11.6 Å². The van der Waals surface area contributed by atoms with Gasteiger partial charge in [0.2, 0.25) is 5.88 Å². The average molecular weight is 415 g/mol. The number of carbonyl (C=O) groups is 2. The van der Waals surface area contributed by atoms with Crippen LogP contribution in [0, 0.1) is 5.41 Å². The van der Waals surface area contributed by atoms with E-state index in [-0.39, 0.29) is 11.8 Å². The van der Waals surface area contributed by atoms with Gasteiger partial charge in [-0.1, -0.05) is 38.8 Å². The molecule has 0 aliphatic carbocycles. The maximum atomic E-state index is 12.0. The summed E-state index contributed by atoms with van der Waals surface area (Å²) in [5.41, 5.74) is 0.597. The second-order valence-electron chi connectivity index (χ2n) is 7.37. The highest BCUT2D eigenvalue weighted by Crippen LogP contribution is 2.34. The van der Waals surface area contributed by atoms with Gasteiger partial charge in [0.1, 0.15) is 12.4 Å². The third-order valence-electron chi connectivity index (χ3n) is 5.27. The van der Waals surface area contributed by atoms with Crippen LogP contribution in [-0.2, 0) is 11.2 Å². The predicted molar refractivity (Wildman–Crippen MR) is 114 cm³/mol. The van der Waals surface area contributed by atoms with Crippen molar-refractivity contribution in [2.24, 2.45) is 5.41 Å². The van der Waals surface area contributed by atoms with Gasteiger partial charge in [0.15, 0.2) is 0 Å². The summed E-state index contributed by atoms with van der Waals surface area (Å²) in [6.07, 6.45) is 4.93. The van der Waals surface area contributed by atoms with Crippen molar-refractivity contribution < 1.29 is 24.5 Å². The first-order chi connectivity index (χ1) is 14.4. The lowest BCUT2D eigenvalue weighted by molar-refractivity contribution is -0.149. The molecule has 1 amide bonds. The molecule has 3 N–H and O–H groups in total. The van der Waals surface area contributed by atoms with Crippen molar-refractivity contribution in [1.82, 2.24) is 10.3 Å². The second-order valence-corrected chi connectivity index (χ2v) is 7.37. The molecular weight excluding hydrogens is 384 g/mol. The number of aliphatic carboxylic acids is 1. The van der Waals surface area contributed by atoms with Gasteiger partial charge in [0.25, 0.3) is 5.91 Å². The Morgan fingerprint density at radius 2 is 1.87 bits per heavy atom. The van der Waals surface area contributed by atoms with Crippen LogP contribution in [0.2, 0.25) is 0 Å². The molecule has 30 heavy (non-hydrogen) atoms. The molecular formula is C23H30N2O5. The minimum absolute atomic E-state index is 0.136. The van der Waals surface area contributed by atoms with Crippen molar-refractivity contribution in [1.29, 1.82) is 0 Å². The van der Waals surface area contributed by atoms with Crippen LogP contribution in [0.25, 0.3) is 0 Å². The third-order valence-corrected chi connectivity index (χ3v) is 5.27. The average Bonchev–Trinajstić information content (AvgIpc) is 2.75. The molecule has 0 aliphatic heterocycles. The number of aromatic hydroxyl groups is 1. The van der Waals surface area contributed by atoms with Crippen molar-refractivity contribution in [2.45, 2.75) is 46.0 Å². The van der Waals surface area contributed by atoms with Gasteiger partial charge in [-0.3, -0.25) is 9.59 Å². The van der Waals surface area contributed by atoms with Gasteiger partial charge in [0.05, 0.1) is 17.5 Å². The minimum Gasteiger partial charge on any atom is -0.493 e. The van der Waals surface area contributed by atoms with Crippen LogP contribution in [0.5, 0.6) is 11.6 Å². The summed E-state index contributed by atoms with van der Waals surface area (Å²) < 4.78 is 5.65. The number of hydrogen-bond donors (Lipinski definition) is 3. The fourth-order valence-corrected chi connectivity index (χ4v) is 3.29. The number of pyridine rings is 1. The number of ether oxygens (including phenoxy) is 1. The van der Waals surface area contributed by atoms with Gasteiger partial charge < -0.3 is 20.3 Å². The highest BCUT2D eigenvalue weighted by molar-refractivity contribution is 5.93. The number of aromatic nitrogens is 1. The molecule has 162 valence electrons. The summed E-state index contributed by atoms with van der Waals surface area (Å²) in [4.78, 5) is 27.5. The number of rotatable bonds is 12. The number of carbonyl (C=O) groups excluding carboxylic acids is 1. The lowest BCUT2D eigenvalue weighted by Gasteiger charge is -2.28. The number of nitrogens with one attached hydrogen (secondary N) is 1. The first-order valence-corrected chi connectivity index (χ1v) is 10.3. The molecule has 1 heterocycles. The van der Waals surface area contributed by atoms with Crippen LogP contribution in [0.15, 0.2) is 42.6 Å². The van der Waals surface area contributed by atoms with Gasteiger partial charge in [-0.25, -0.2) is 4.98 Å². The van der Waals surface area contributed by atoms with Crippen molar-refractivity contribution in [2.75, 3.05) is 13.2 Å². The number of carboxylic acid groups (broad SMARTS) is 1. The summed E-state index contributed by atoms with van der Waals surface area (Å²) in [5, 5.41) is 21.6. The van der Waals surface area contributed by atoms with E-state index in [1.807, 2.05) is 31.2 Å². The molecule has 2 rings (SSSR count). The van der Waals surface area contributed by atoms with Gasteiger partial charge in [0, 0.05) is 12.3 Å². The molecule has 0 saturated carbocycles. The molecule has 1 unspecified atom stereocenters. The van der Waals surface area contributed by atoms with E-state index < -0.39 is 11.4 Å². The molecule has 0 bridgehead atoms. The lowest BCUT2D eigenvalue weighted by atomic mass is 9.75. The number of amides is 1. The smallest absolute Gasteiger partial charge is 0.309 e. The quantitative estimate of drug-likeness (QED) is 0.456. The van der Waals surface area contributed by atoms with Gasteiger partial charge in [-0.15, -0.1) is 0 Å². The summed E-state index contributed by atoms with van der Waals surface area (Å²) in [6.45, 7) is 4.61. The Labute approximate surface area is 177 Å². The molecule has 0 saturated heterocycles. The van der Waals surface area contributed by atoms with Crippen LogP contribution >= 0.6 is 0 Å². The highest BCUT2D eigenvalue weighted by Gasteiger charge is 2.36. The largest absolute Gasteiger partial charge is 0.493 e. The fourth-order valence-electron chi connectivity index (χ4n) is 3.29. The molecule has 1 atom stereocenters. The monoisotopic (exact) mass is 414 g/mol. The topological polar surface area (TPSA) is 109 Å². The van der Waals surface area contributed by atoms with E-state index in [0.717, 1.165) is 18.4 Å². The minimum atomic E-state index is -0.738. The number of carboxylic acids is 1.